The molecule has 2 aromatic carbocycles. The van der Waals surface area contributed by atoms with Crippen molar-refractivity contribution in [2.75, 3.05) is 24.6 Å². The molecule has 0 radical (unpaired) electrons. The summed E-state index contributed by atoms with van der Waals surface area (Å²) in [5.74, 6) is -0.741. The number of esters is 1. The molecule has 0 atom stereocenters. The lowest BCUT2D eigenvalue weighted by atomic mass is 10.2. The van der Waals surface area contributed by atoms with E-state index in [1.54, 1.807) is 13.0 Å². The molecular weight excluding hydrogens is 376 g/mol. The van der Waals surface area contributed by atoms with Gasteiger partial charge in [0.05, 0.1) is 23.5 Å². The maximum atomic E-state index is 13.1. The summed E-state index contributed by atoms with van der Waals surface area (Å²) in [7, 11) is -2.92. The maximum absolute atomic E-state index is 13.1. The number of ether oxygens (including phenoxy) is 2. The first kappa shape index (κ1) is 20.2. The average Bonchev–Trinajstić information content (AvgIpc) is 2.66. The molecule has 0 aliphatic rings. The second kappa shape index (κ2) is 8.49. The van der Waals surface area contributed by atoms with E-state index in [1.165, 1.54) is 43.5 Å². The second-order valence-corrected chi connectivity index (χ2v) is 7.11. The van der Waals surface area contributed by atoms with Crippen LogP contribution in [0.1, 0.15) is 6.92 Å². The van der Waals surface area contributed by atoms with Crippen LogP contribution in [0, 0.1) is 10.1 Å². The van der Waals surface area contributed by atoms with Crippen LogP contribution in [-0.2, 0) is 19.6 Å². The van der Waals surface area contributed by atoms with Crippen molar-refractivity contribution < 1.29 is 27.6 Å². The van der Waals surface area contributed by atoms with E-state index in [4.69, 9.17) is 9.47 Å². The summed E-state index contributed by atoms with van der Waals surface area (Å²) in [4.78, 5) is 22.4. The van der Waals surface area contributed by atoms with E-state index >= 15 is 0 Å². The molecule has 0 aliphatic heterocycles. The number of carbonyl (C=O) groups excluding carboxylic acids is 1. The first-order valence-corrected chi connectivity index (χ1v) is 9.31. The molecule has 0 heterocycles. The Morgan fingerprint density at radius 3 is 2.41 bits per heavy atom. The van der Waals surface area contributed by atoms with Crippen LogP contribution in [0.15, 0.2) is 53.4 Å². The highest BCUT2D eigenvalue weighted by Crippen LogP contribution is 2.35. The highest BCUT2D eigenvalue weighted by atomic mass is 32.2. The summed E-state index contributed by atoms with van der Waals surface area (Å²) < 4.78 is 37.0. The predicted molar refractivity (Wildman–Crippen MR) is 97.3 cm³/mol. The third-order valence-corrected chi connectivity index (χ3v) is 5.33. The molecule has 2 rings (SSSR count). The van der Waals surface area contributed by atoms with Gasteiger partial charge in [0.15, 0.2) is 0 Å². The Morgan fingerprint density at radius 2 is 1.85 bits per heavy atom. The molecule has 10 heteroatoms. The fourth-order valence-corrected chi connectivity index (χ4v) is 3.76. The van der Waals surface area contributed by atoms with E-state index in [2.05, 4.69) is 0 Å². The fraction of sp³-hybridized carbons (Fsp3) is 0.235. The van der Waals surface area contributed by atoms with Crippen molar-refractivity contribution in [2.45, 2.75) is 11.8 Å². The SMILES string of the molecule is CCOC(=O)CN(c1cc([N+](=O)[O-])ccc1OC)S(=O)(=O)c1ccccc1. The third kappa shape index (κ3) is 4.53. The van der Waals surface area contributed by atoms with Gasteiger partial charge in [-0.2, -0.15) is 0 Å². The molecule has 0 saturated carbocycles. The van der Waals surface area contributed by atoms with Crippen LogP contribution in [-0.4, -0.2) is 39.6 Å². The number of sulfonamides is 1. The smallest absolute Gasteiger partial charge is 0.326 e. The largest absolute Gasteiger partial charge is 0.495 e. The summed E-state index contributed by atoms with van der Waals surface area (Å²) in [5.41, 5.74) is -0.480. The molecule has 27 heavy (non-hydrogen) atoms. The zero-order valence-electron chi connectivity index (χ0n) is 14.7. The van der Waals surface area contributed by atoms with Gasteiger partial charge in [-0.3, -0.25) is 19.2 Å². The fourth-order valence-electron chi connectivity index (χ4n) is 2.33. The molecule has 0 saturated heterocycles. The van der Waals surface area contributed by atoms with Gasteiger partial charge in [0.2, 0.25) is 0 Å². The second-order valence-electron chi connectivity index (χ2n) is 5.24. The number of nitro groups is 1. The standard InChI is InChI=1S/C17H18N2O7S/c1-3-26-17(20)12-18(27(23,24)14-7-5-4-6-8-14)15-11-13(19(21)22)9-10-16(15)25-2/h4-11H,3,12H2,1-2H3. The predicted octanol–water partition coefficient (Wildman–Crippen LogP) is 2.36. The number of anilines is 1. The number of nitrogens with zero attached hydrogens (tertiary/aromatic N) is 2. The number of carbonyl (C=O) groups is 1. The van der Waals surface area contributed by atoms with Crippen LogP contribution < -0.4 is 9.04 Å². The van der Waals surface area contributed by atoms with Crippen molar-refractivity contribution in [1.29, 1.82) is 0 Å². The van der Waals surface area contributed by atoms with Crippen molar-refractivity contribution in [3.05, 3.63) is 58.6 Å². The van der Waals surface area contributed by atoms with E-state index in [0.29, 0.717) is 0 Å². The Hall–Kier alpha value is -3.14. The normalized spacial score (nSPS) is 10.9. The average molecular weight is 394 g/mol. The summed E-state index contributed by atoms with van der Waals surface area (Å²) in [6, 6.07) is 10.9. The van der Waals surface area contributed by atoms with Gasteiger partial charge >= 0.3 is 5.97 Å². The molecule has 0 N–H and O–H groups in total. The lowest BCUT2D eigenvalue weighted by Gasteiger charge is -2.25. The van der Waals surface area contributed by atoms with E-state index in [1.807, 2.05) is 0 Å². The molecule has 0 fully saturated rings. The number of hydrogen-bond acceptors (Lipinski definition) is 7. The molecular formula is C17H18N2O7S. The molecule has 0 aromatic heterocycles. The van der Waals surface area contributed by atoms with Crippen molar-refractivity contribution >= 4 is 27.4 Å². The Morgan fingerprint density at radius 1 is 1.19 bits per heavy atom. The lowest BCUT2D eigenvalue weighted by molar-refractivity contribution is -0.384. The van der Waals surface area contributed by atoms with E-state index < -0.39 is 27.5 Å². The zero-order chi connectivity index (χ0) is 20.0. The first-order chi connectivity index (χ1) is 12.8. The van der Waals surface area contributed by atoms with E-state index in [-0.39, 0.29) is 28.6 Å². The molecule has 2 aromatic rings. The third-order valence-electron chi connectivity index (χ3n) is 3.55. The number of rotatable bonds is 8. The summed E-state index contributed by atoms with van der Waals surface area (Å²) in [6.45, 7) is 0.981. The van der Waals surface area contributed by atoms with E-state index in [9.17, 15) is 23.3 Å². The molecule has 0 aliphatic carbocycles. The minimum atomic E-state index is -4.21. The molecule has 0 amide bonds. The minimum Gasteiger partial charge on any atom is -0.495 e. The zero-order valence-corrected chi connectivity index (χ0v) is 15.5. The number of non-ortho nitro benzene ring substituents is 1. The molecule has 0 bridgehead atoms. The lowest BCUT2D eigenvalue weighted by Crippen LogP contribution is -2.37. The Balaban J connectivity index is 2.65. The van der Waals surface area contributed by atoms with Gasteiger partial charge < -0.3 is 9.47 Å². The van der Waals surface area contributed by atoms with Crippen molar-refractivity contribution in [3.63, 3.8) is 0 Å². The van der Waals surface area contributed by atoms with Crippen molar-refractivity contribution in [1.82, 2.24) is 0 Å². The van der Waals surface area contributed by atoms with Gasteiger partial charge in [0, 0.05) is 12.1 Å². The van der Waals surface area contributed by atoms with Gasteiger partial charge in [0.25, 0.3) is 15.7 Å². The Kier molecular flexibility index (Phi) is 6.35. The number of nitro benzene ring substituents is 1. The van der Waals surface area contributed by atoms with Gasteiger partial charge in [-0.05, 0) is 25.1 Å². The first-order valence-electron chi connectivity index (χ1n) is 7.87. The summed E-state index contributed by atoms with van der Waals surface area (Å²) >= 11 is 0. The summed E-state index contributed by atoms with van der Waals surface area (Å²) in [5, 5.41) is 11.1. The number of methoxy groups -OCH3 is 1. The van der Waals surface area contributed by atoms with Gasteiger partial charge in [0.1, 0.15) is 18.0 Å². The van der Waals surface area contributed by atoms with Crippen molar-refractivity contribution in [2.24, 2.45) is 0 Å². The summed E-state index contributed by atoms with van der Waals surface area (Å²) in [6.07, 6.45) is 0. The van der Waals surface area contributed by atoms with Crippen LogP contribution in [0.25, 0.3) is 0 Å². The van der Waals surface area contributed by atoms with Gasteiger partial charge in [-0.25, -0.2) is 8.42 Å². The molecule has 0 unspecified atom stereocenters. The highest BCUT2D eigenvalue weighted by molar-refractivity contribution is 7.92. The quantitative estimate of drug-likeness (QED) is 0.383. The van der Waals surface area contributed by atoms with Crippen LogP contribution in [0.4, 0.5) is 11.4 Å². The maximum Gasteiger partial charge on any atom is 0.326 e. The molecule has 0 spiro atoms. The van der Waals surface area contributed by atoms with E-state index in [0.717, 1.165) is 10.4 Å². The monoisotopic (exact) mass is 394 g/mol. The Bertz CT molecular complexity index is 930. The van der Waals surface area contributed by atoms with Gasteiger partial charge in [-0.15, -0.1) is 0 Å². The van der Waals surface area contributed by atoms with Crippen LogP contribution in [0.3, 0.4) is 0 Å². The minimum absolute atomic E-state index is 0.0596. The Labute approximate surface area is 156 Å². The van der Waals surface area contributed by atoms with Crippen LogP contribution in [0.5, 0.6) is 5.75 Å². The number of hydrogen-bond donors (Lipinski definition) is 0. The number of benzene rings is 2. The molecule has 144 valence electrons. The van der Waals surface area contributed by atoms with Crippen LogP contribution >= 0.6 is 0 Å². The van der Waals surface area contributed by atoms with Gasteiger partial charge in [-0.1, -0.05) is 18.2 Å². The topological polar surface area (TPSA) is 116 Å². The highest BCUT2D eigenvalue weighted by Gasteiger charge is 2.31. The van der Waals surface area contributed by atoms with Crippen LogP contribution in [0.2, 0.25) is 0 Å². The molecule has 9 nitrogen and oxygen atoms in total. The van der Waals surface area contributed by atoms with Crippen molar-refractivity contribution in [3.8, 4) is 5.75 Å².